The normalized spacial score (nSPS) is 13.6. The fourth-order valence-corrected chi connectivity index (χ4v) is 8.51. The molecule has 0 aliphatic heterocycles. The predicted molar refractivity (Wildman–Crippen MR) is 343 cm³/mol. The molecule has 2 unspecified atom stereocenters. The molecule has 2 atom stereocenters. The minimum absolute atomic E-state index is 0.140. The van der Waals surface area contributed by atoms with Crippen molar-refractivity contribution in [3.63, 3.8) is 0 Å². The molecule has 0 aliphatic carbocycles. The average molecular weight is 1130 g/mol. The zero-order valence-corrected chi connectivity index (χ0v) is 52.4. The van der Waals surface area contributed by atoms with E-state index >= 15 is 0 Å². The summed E-state index contributed by atoms with van der Waals surface area (Å²) in [5.41, 5.74) is 0. The maximum atomic E-state index is 12.9. The number of aliphatic carboxylic acids is 1. The first-order chi connectivity index (χ1) is 39.6. The molecule has 0 aromatic rings. The van der Waals surface area contributed by atoms with Crippen molar-refractivity contribution < 1.29 is 42.9 Å². The molecule has 81 heavy (non-hydrogen) atoms. The third-order valence-corrected chi connectivity index (χ3v) is 13.4. The first kappa shape index (κ1) is 76.4. The number of hydrogen-bond acceptors (Lipinski definition) is 8. The highest BCUT2D eigenvalue weighted by molar-refractivity contribution is 5.70. The van der Waals surface area contributed by atoms with Gasteiger partial charge < -0.3 is 33.3 Å². The molecular weight excluding hydrogens is 1010 g/mol. The smallest absolute Gasteiger partial charge is 0.306 e. The summed E-state index contributed by atoms with van der Waals surface area (Å²) < 4.78 is 22.8. The second-order valence-corrected chi connectivity index (χ2v) is 22.3. The molecular formula is C72H119NO8. The first-order valence-corrected chi connectivity index (χ1v) is 32.3. The zero-order valence-electron chi connectivity index (χ0n) is 52.4. The summed E-state index contributed by atoms with van der Waals surface area (Å²) in [4.78, 5) is 37.4. The Balaban J connectivity index is 4.22. The Kier molecular flexibility index (Phi) is 58.0. The van der Waals surface area contributed by atoms with Crippen LogP contribution in [0.3, 0.4) is 0 Å². The third-order valence-electron chi connectivity index (χ3n) is 13.4. The van der Waals surface area contributed by atoms with Gasteiger partial charge in [-0.1, -0.05) is 257 Å². The number of allylic oxidation sites excluding steroid dienone is 22. The lowest BCUT2D eigenvalue weighted by atomic mass is 10.0. The Hall–Kier alpha value is -4.57. The number of quaternary nitrogens is 1. The van der Waals surface area contributed by atoms with Gasteiger partial charge in [-0.05, 0) is 109 Å². The number of unbranched alkanes of at least 4 members (excludes halogenated alkanes) is 21. The van der Waals surface area contributed by atoms with Gasteiger partial charge in [0.15, 0.2) is 12.4 Å². The maximum absolute atomic E-state index is 12.9. The number of likely N-dealkylation sites (N-methyl/N-ethyl adjacent to an activating group) is 1. The molecule has 9 heteroatoms. The average Bonchev–Trinajstić information content (AvgIpc) is 3.44. The highest BCUT2D eigenvalue weighted by Gasteiger charge is 2.22. The number of hydrogen-bond donors (Lipinski definition) is 0. The molecule has 0 radical (unpaired) electrons. The lowest BCUT2D eigenvalue weighted by Gasteiger charge is -2.26. The van der Waals surface area contributed by atoms with Crippen LogP contribution >= 0.6 is 0 Å². The summed E-state index contributed by atoms with van der Waals surface area (Å²) in [6, 6.07) is 0. The van der Waals surface area contributed by atoms with Gasteiger partial charge in [0.05, 0.1) is 40.3 Å². The topological polar surface area (TPSA) is 111 Å². The van der Waals surface area contributed by atoms with Gasteiger partial charge in [-0.2, -0.15) is 0 Å². The Morgan fingerprint density at radius 3 is 0.988 bits per heavy atom. The largest absolute Gasteiger partial charge is 0.545 e. The fourth-order valence-electron chi connectivity index (χ4n) is 8.51. The second-order valence-electron chi connectivity index (χ2n) is 22.3. The van der Waals surface area contributed by atoms with E-state index in [9.17, 15) is 19.5 Å². The quantitative estimate of drug-likeness (QED) is 0.0195. The molecule has 0 amide bonds. The van der Waals surface area contributed by atoms with Gasteiger partial charge >= 0.3 is 11.9 Å². The number of carbonyl (C=O) groups excluding carboxylic acids is 3. The Labute approximate surface area is 497 Å². The van der Waals surface area contributed by atoms with Crippen molar-refractivity contribution >= 4 is 17.9 Å². The summed E-state index contributed by atoms with van der Waals surface area (Å²) in [6.07, 6.45) is 85.0. The van der Waals surface area contributed by atoms with Crippen LogP contribution < -0.4 is 5.11 Å². The standard InChI is InChI=1S/C72H119NO8/c1-6-8-10-12-14-16-18-20-22-24-26-28-30-32-33-34-35-36-37-39-41-43-45-47-49-51-53-55-57-59-61-63-70(75)81-68(67-80-72(71(76)77)78-65-64-73(3,4)5)66-79-69(74)62-60-58-56-54-52-50-48-46-44-42-40-38-31-29-27-25-23-21-19-17-15-13-11-9-7-2/h8-11,14-17,20-23,26-29,32-33,35-36,38,40,68,72H,6-7,12-13,18-19,24-25,30-31,34,37,39,41-67H2,1-5H3/b10-8-,11-9-,16-14-,17-15-,22-20-,23-21-,28-26-,29-27-,33-32-,36-35-,40-38-. The van der Waals surface area contributed by atoms with Gasteiger partial charge in [0.2, 0.25) is 0 Å². The fraction of sp³-hybridized carbons (Fsp3) is 0.653. The summed E-state index contributed by atoms with van der Waals surface area (Å²) in [7, 11) is 5.92. The van der Waals surface area contributed by atoms with Crippen molar-refractivity contribution in [2.75, 3.05) is 47.5 Å². The van der Waals surface area contributed by atoms with E-state index in [1.165, 1.54) is 89.9 Å². The van der Waals surface area contributed by atoms with E-state index < -0.39 is 24.3 Å². The van der Waals surface area contributed by atoms with Gasteiger partial charge in [0.25, 0.3) is 0 Å². The predicted octanol–water partition coefficient (Wildman–Crippen LogP) is 18.5. The lowest BCUT2D eigenvalue weighted by Crippen LogP contribution is -2.44. The van der Waals surface area contributed by atoms with Crippen molar-refractivity contribution in [2.45, 2.75) is 257 Å². The van der Waals surface area contributed by atoms with Crippen LogP contribution in [0.25, 0.3) is 0 Å². The summed E-state index contributed by atoms with van der Waals surface area (Å²) in [5.74, 6) is -2.30. The molecule has 0 aromatic carbocycles. The van der Waals surface area contributed by atoms with E-state index in [0.29, 0.717) is 17.4 Å². The number of rotatable bonds is 58. The van der Waals surface area contributed by atoms with E-state index in [0.717, 1.165) is 122 Å². The van der Waals surface area contributed by atoms with E-state index in [1.807, 2.05) is 21.1 Å². The second kappa shape index (κ2) is 61.5. The van der Waals surface area contributed by atoms with Gasteiger partial charge in [0, 0.05) is 12.8 Å². The van der Waals surface area contributed by atoms with Crippen molar-refractivity contribution in [3.8, 4) is 0 Å². The van der Waals surface area contributed by atoms with E-state index in [1.54, 1.807) is 0 Å². The molecule has 0 N–H and O–H groups in total. The van der Waals surface area contributed by atoms with Crippen LogP contribution in [0.1, 0.15) is 245 Å². The lowest BCUT2D eigenvalue weighted by molar-refractivity contribution is -0.870. The highest BCUT2D eigenvalue weighted by atomic mass is 16.7. The van der Waals surface area contributed by atoms with Crippen LogP contribution in [0.5, 0.6) is 0 Å². The van der Waals surface area contributed by atoms with Crippen LogP contribution in [0.4, 0.5) is 0 Å². The molecule has 0 spiro atoms. The van der Waals surface area contributed by atoms with Crippen molar-refractivity contribution in [3.05, 3.63) is 134 Å². The third kappa shape index (κ3) is 62.9. The van der Waals surface area contributed by atoms with E-state index in [-0.39, 0.29) is 38.6 Å². The molecule has 0 rings (SSSR count). The van der Waals surface area contributed by atoms with E-state index in [4.69, 9.17) is 18.9 Å². The first-order valence-electron chi connectivity index (χ1n) is 32.3. The van der Waals surface area contributed by atoms with Crippen LogP contribution in [-0.2, 0) is 33.3 Å². The van der Waals surface area contributed by atoms with Crippen LogP contribution in [-0.4, -0.2) is 82.3 Å². The molecule has 0 saturated heterocycles. The van der Waals surface area contributed by atoms with Crippen LogP contribution in [0, 0.1) is 0 Å². The Morgan fingerprint density at radius 2 is 0.667 bits per heavy atom. The van der Waals surface area contributed by atoms with Crippen molar-refractivity contribution in [1.82, 2.24) is 0 Å². The van der Waals surface area contributed by atoms with Gasteiger partial charge in [-0.3, -0.25) is 9.59 Å². The molecule has 0 saturated carbocycles. The Bertz CT molecular complexity index is 1790. The summed E-state index contributed by atoms with van der Waals surface area (Å²) in [5, 5.41) is 11.8. The number of carboxylic acids is 1. The number of esters is 2. The zero-order chi connectivity index (χ0) is 59.1. The molecule has 0 bridgehead atoms. The van der Waals surface area contributed by atoms with Crippen LogP contribution in [0.2, 0.25) is 0 Å². The van der Waals surface area contributed by atoms with Gasteiger partial charge in [0.1, 0.15) is 13.2 Å². The van der Waals surface area contributed by atoms with E-state index in [2.05, 4.69) is 148 Å². The molecule has 0 heterocycles. The molecule has 0 aliphatic rings. The molecule has 9 nitrogen and oxygen atoms in total. The van der Waals surface area contributed by atoms with Crippen molar-refractivity contribution in [2.24, 2.45) is 0 Å². The highest BCUT2D eigenvalue weighted by Crippen LogP contribution is 2.16. The van der Waals surface area contributed by atoms with Crippen LogP contribution in [0.15, 0.2) is 134 Å². The summed E-state index contributed by atoms with van der Waals surface area (Å²) >= 11 is 0. The molecule has 0 fully saturated rings. The SMILES string of the molecule is CC/C=C\C/C=C\C/C=C\C/C=C\C/C=C\C/C=C\CCCCCCCCCCCCCCC(=O)OC(COC(=O)CCCCCCCCCCC/C=C\C/C=C\C/C=C\C/C=C\C/C=C\CC)COC(OCC[N+](C)(C)C)C(=O)[O-]. The number of carbonyl (C=O) groups is 3. The number of carboxylic acid groups (broad SMARTS) is 1. The minimum Gasteiger partial charge on any atom is -0.545 e. The number of nitrogens with zero attached hydrogens (tertiary/aromatic N) is 1. The molecule has 0 aromatic heterocycles. The molecule has 460 valence electrons. The minimum atomic E-state index is -1.63. The summed E-state index contributed by atoms with van der Waals surface area (Å²) in [6.45, 7) is 4.51. The van der Waals surface area contributed by atoms with Crippen molar-refractivity contribution in [1.29, 1.82) is 0 Å². The Morgan fingerprint density at radius 1 is 0.370 bits per heavy atom. The monoisotopic (exact) mass is 1130 g/mol. The maximum Gasteiger partial charge on any atom is 0.306 e. The van der Waals surface area contributed by atoms with Gasteiger partial charge in [-0.15, -0.1) is 0 Å². The number of ether oxygens (including phenoxy) is 4. The van der Waals surface area contributed by atoms with Gasteiger partial charge in [-0.25, -0.2) is 0 Å².